The number of nitrogens with zero attached hydrogens (tertiary/aromatic N) is 2. The van der Waals surface area contributed by atoms with Gasteiger partial charge in [-0.2, -0.15) is 5.10 Å². The number of benzene rings is 1. The van der Waals surface area contributed by atoms with E-state index in [0.717, 1.165) is 0 Å². The fourth-order valence-corrected chi connectivity index (χ4v) is 1.68. The molecule has 0 saturated carbocycles. The molecule has 0 aliphatic rings. The highest BCUT2D eigenvalue weighted by Gasteiger charge is 2.08. The first-order valence-corrected chi connectivity index (χ1v) is 5.95. The number of rotatable bonds is 4. The highest BCUT2D eigenvalue weighted by atomic mass is 35.5. The van der Waals surface area contributed by atoms with Crippen LogP contribution in [0.15, 0.2) is 30.6 Å². The van der Waals surface area contributed by atoms with E-state index in [2.05, 4.69) is 10.4 Å². The molecule has 0 bridgehead atoms. The molecule has 0 radical (unpaired) electrons. The van der Waals surface area contributed by atoms with Gasteiger partial charge in [0.2, 0.25) is 5.91 Å². The number of carbonyl (C=O) groups is 1. The zero-order valence-corrected chi connectivity index (χ0v) is 10.7. The van der Waals surface area contributed by atoms with E-state index >= 15 is 0 Å². The van der Waals surface area contributed by atoms with Gasteiger partial charge in [0.25, 0.3) is 0 Å². The molecule has 1 amide bonds. The number of nitrogens with two attached hydrogens (primary N) is 1. The molecule has 0 aliphatic carbocycles. The van der Waals surface area contributed by atoms with E-state index in [0.29, 0.717) is 17.3 Å². The maximum Gasteiger partial charge on any atom is 0.226 e. The average Bonchev–Trinajstić information content (AvgIpc) is 2.77. The molecule has 0 unspecified atom stereocenters. The average molecular weight is 283 g/mol. The quantitative estimate of drug-likeness (QED) is 0.845. The van der Waals surface area contributed by atoms with Crippen LogP contribution in [-0.2, 0) is 11.3 Å². The summed E-state index contributed by atoms with van der Waals surface area (Å²) in [4.78, 5) is 11.7. The van der Waals surface area contributed by atoms with Crippen molar-refractivity contribution in [3.05, 3.63) is 41.4 Å². The van der Waals surface area contributed by atoms with Crippen LogP contribution in [0.4, 0.5) is 15.8 Å². The van der Waals surface area contributed by atoms with E-state index < -0.39 is 5.82 Å². The molecular weight excluding hydrogens is 271 g/mol. The normalized spacial score (nSPS) is 10.4. The summed E-state index contributed by atoms with van der Waals surface area (Å²) in [7, 11) is 0. The van der Waals surface area contributed by atoms with Gasteiger partial charge in [0.15, 0.2) is 0 Å². The summed E-state index contributed by atoms with van der Waals surface area (Å²) in [5.41, 5.74) is 5.98. The maximum absolute atomic E-state index is 13.4. The second-order valence-corrected chi connectivity index (χ2v) is 4.40. The molecule has 5 nitrogen and oxygen atoms in total. The van der Waals surface area contributed by atoms with Gasteiger partial charge in [-0.25, -0.2) is 4.39 Å². The molecule has 0 aliphatic heterocycles. The minimum atomic E-state index is -0.523. The molecule has 1 aromatic carbocycles. The van der Waals surface area contributed by atoms with Gasteiger partial charge in [-0.1, -0.05) is 11.6 Å². The van der Waals surface area contributed by atoms with Crippen LogP contribution in [0, 0.1) is 5.82 Å². The largest absolute Gasteiger partial charge is 0.399 e. The minimum absolute atomic E-state index is 0.0727. The third-order valence-electron chi connectivity index (χ3n) is 2.43. The van der Waals surface area contributed by atoms with Gasteiger partial charge in [-0.15, -0.1) is 0 Å². The molecule has 19 heavy (non-hydrogen) atoms. The SMILES string of the molecule is Nc1ccc(F)c(NC(=O)CCn2cc(Cl)cn2)c1. The Morgan fingerprint density at radius 3 is 3.00 bits per heavy atom. The number of amides is 1. The minimum Gasteiger partial charge on any atom is -0.399 e. The van der Waals surface area contributed by atoms with Gasteiger partial charge in [0, 0.05) is 24.8 Å². The number of nitrogen functional groups attached to an aromatic ring is 1. The van der Waals surface area contributed by atoms with Crippen molar-refractivity contribution in [1.29, 1.82) is 0 Å². The second kappa shape index (κ2) is 5.71. The number of aryl methyl sites for hydroxylation is 1. The fourth-order valence-electron chi connectivity index (χ4n) is 1.53. The molecule has 1 aromatic heterocycles. The van der Waals surface area contributed by atoms with Gasteiger partial charge in [-0.05, 0) is 18.2 Å². The van der Waals surface area contributed by atoms with Crippen molar-refractivity contribution < 1.29 is 9.18 Å². The van der Waals surface area contributed by atoms with E-state index in [4.69, 9.17) is 17.3 Å². The number of halogens is 2. The van der Waals surface area contributed by atoms with Crippen molar-refractivity contribution in [1.82, 2.24) is 9.78 Å². The van der Waals surface area contributed by atoms with Crippen LogP contribution in [0.2, 0.25) is 5.02 Å². The van der Waals surface area contributed by atoms with Crippen LogP contribution >= 0.6 is 11.6 Å². The van der Waals surface area contributed by atoms with Crippen molar-refractivity contribution in [2.45, 2.75) is 13.0 Å². The predicted molar refractivity (Wildman–Crippen MR) is 71.3 cm³/mol. The Labute approximate surface area is 114 Å². The lowest BCUT2D eigenvalue weighted by atomic mass is 10.2. The van der Waals surface area contributed by atoms with E-state index in [-0.39, 0.29) is 18.0 Å². The van der Waals surface area contributed by atoms with Crippen LogP contribution in [-0.4, -0.2) is 15.7 Å². The molecule has 1 heterocycles. The van der Waals surface area contributed by atoms with Crippen LogP contribution < -0.4 is 11.1 Å². The van der Waals surface area contributed by atoms with Gasteiger partial charge < -0.3 is 11.1 Å². The topological polar surface area (TPSA) is 72.9 Å². The second-order valence-electron chi connectivity index (χ2n) is 3.96. The van der Waals surface area contributed by atoms with E-state index in [9.17, 15) is 9.18 Å². The van der Waals surface area contributed by atoms with Crippen LogP contribution in [0.1, 0.15) is 6.42 Å². The lowest BCUT2D eigenvalue weighted by Crippen LogP contribution is -2.15. The molecule has 2 aromatic rings. The van der Waals surface area contributed by atoms with E-state index in [1.54, 1.807) is 6.20 Å². The number of nitrogens with one attached hydrogen (secondary N) is 1. The summed E-state index contributed by atoms with van der Waals surface area (Å²) >= 11 is 5.70. The maximum atomic E-state index is 13.4. The fraction of sp³-hybridized carbons (Fsp3) is 0.167. The highest BCUT2D eigenvalue weighted by molar-refractivity contribution is 6.30. The van der Waals surface area contributed by atoms with Crippen LogP contribution in [0.3, 0.4) is 0 Å². The molecule has 3 N–H and O–H groups in total. The number of hydrogen-bond acceptors (Lipinski definition) is 3. The zero-order valence-electron chi connectivity index (χ0n) is 9.94. The number of hydrogen-bond donors (Lipinski definition) is 2. The molecule has 0 fully saturated rings. The molecule has 0 saturated heterocycles. The summed E-state index contributed by atoms with van der Waals surface area (Å²) in [5, 5.41) is 6.90. The summed E-state index contributed by atoms with van der Waals surface area (Å²) in [5.74, 6) is -0.846. The first-order chi connectivity index (χ1) is 9.04. The van der Waals surface area contributed by atoms with Gasteiger partial charge >= 0.3 is 0 Å². The number of anilines is 2. The number of carbonyl (C=O) groups excluding carboxylic acids is 1. The van der Waals surface area contributed by atoms with Crippen LogP contribution in [0.5, 0.6) is 0 Å². The predicted octanol–water partition coefficient (Wildman–Crippen LogP) is 2.29. The Kier molecular flexibility index (Phi) is 4.01. The molecule has 0 atom stereocenters. The molecule has 7 heteroatoms. The summed E-state index contributed by atoms with van der Waals surface area (Å²) in [6.45, 7) is 0.364. The lowest BCUT2D eigenvalue weighted by Gasteiger charge is -2.07. The Bertz CT molecular complexity index is 599. The van der Waals surface area contributed by atoms with Crippen LogP contribution in [0.25, 0.3) is 0 Å². The van der Waals surface area contributed by atoms with Crippen molar-refractivity contribution in [3.8, 4) is 0 Å². The Morgan fingerprint density at radius 2 is 2.32 bits per heavy atom. The van der Waals surface area contributed by atoms with Crippen molar-refractivity contribution in [2.75, 3.05) is 11.1 Å². The molecule has 100 valence electrons. The van der Waals surface area contributed by atoms with Gasteiger partial charge in [0.05, 0.1) is 16.9 Å². The third-order valence-corrected chi connectivity index (χ3v) is 2.63. The highest BCUT2D eigenvalue weighted by Crippen LogP contribution is 2.17. The molecule has 2 rings (SSSR count). The Balaban J connectivity index is 1.92. The number of aromatic nitrogens is 2. The third kappa shape index (κ3) is 3.69. The Morgan fingerprint density at radius 1 is 1.53 bits per heavy atom. The van der Waals surface area contributed by atoms with Crippen molar-refractivity contribution in [3.63, 3.8) is 0 Å². The molecule has 0 spiro atoms. The summed E-state index contributed by atoms with van der Waals surface area (Å²) < 4.78 is 14.9. The molecular formula is C12H12ClFN4O. The van der Waals surface area contributed by atoms with Gasteiger partial charge in [0.1, 0.15) is 5.82 Å². The van der Waals surface area contributed by atoms with E-state index in [1.807, 2.05) is 0 Å². The first kappa shape index (κ1) is 13.4. The van der Waals surface area contributed by atoms with Crippen molar-refractivity contribution in [2.24, 2.45) is 0 Å². The monoisotopic (exact) mass is 282 g/mol. The van der Waals surface area contributed by atoms with Crippen molar-refractivity contribution >= 4 is 28.9 Å². The van der Waals surface area contributed by atoms with E-state index in [1.165, 1.54) is 29.1 Å². The standard InChI is InChI=1S/C12H12ClFN4O/c13-8-6-16-18(7-8)4-3-12(19)17-11-5-9(15)1-2-10(11)14/h1-2,5-7H,3-4,15H2,(H,17,19). The first-order valence-electron chi connectivity index (χ1n) is 5.57. The summed E-state index contributed by atoms with van der Waals surface area (Å²) in [6, 6.07) is 4.01. The lowest BCUT2D eigenvalue weighted by molar-refractivity contribution is -0.116. The Hall–Kier alpha value is -2.08. The smallest absolute Gasteiger partial charge is 0.226 e. The summed E-state index contributed by atoms with van der Waals surface area (Å²) in [6.07, 6.45) is 3.25. The van der Waals surface area contributed by atoms with Gasteiger partial charge in [-0.3, -0.25) is 9.48 Å². The zero-order chi connectivity index (χ0) is 13.8.